The zero-order valence-electron chi connectivity index (χ0n) is 10.4. The molecule has 0 saturated heterocycles. The van der Waals surface area contributed by atoms with Crippen LogP contribution in [0.3, 0.4) is 0 Å². The molecule has 0 bridgehead atoms. The van der Waals surface area contributed by atoms with Crippen molar-refractivity contribution in [1.82, 2.24) is 4.90 Å². The molecule has 0 atom stereocenters. The second-order valence-corrected chi connectivity index (χ2v) is 5.47. The lowest BCUT2D eigenvalue weighted by molar-refractivity contribution is -0.139. The van der Waals surface area contributed by atoms with Crippen LogP contribution in [-0.2, 0) is 9.08 Å². The number of nitrogens with zero attached hydrogens (tertiary/aromatic N) is 2. The molecule has 0 amide bonds. The Balaban J connectivity index is 2.51. The van der Waals surface area contributed by atoms with Gasteiger partial charge in [-0.25, -0.2) is 4.99 Å². The molecule has 0 aromatic carbocycles. The van der Waals surface area contributed by atoms with Crippen LogP contribution in [0.15, 0.2) is 4.99 Å². The predicted octanol–water partition coefficient (Wildman–Crippen LogP) is 2.97. The number of hydrogen-bond acceptors (Lipinski definition) is 3. The fraction of sp³-hybridized carbons (Fsp3) is 0.727. The average Bonchev–Trinajstić information content (AvgIpc) is 2.37. The van der Waals surface area contributed by atoms with Gasteiger partial charge in [-0.2, -0.15) is 0 Å². The molecule has 0 spiro atoms. The van der Waals surface area contributed by atoms with E-state index in [-0.39, 0.29) is 17.8 Å². The summed E-state index contributed by atoms with van der Waals surface area (Å²) in [4.78, 5) is 17.8. The van der Waals surface area contributed by atoms with Crippen molar-refractivity contribution >= 4 is 51.9 Å². The Bertz CT molecular complexity index is 353. The fourth-order valence-electron chi connectivity index (χ4n) is 1.92. The van der Waals surface area contributed by atoms with E-state index in [4.69, 9.17) is 35.7 Å². The smallest absolute Gasteiger partial charge is 0.327 e. The van der Waals surface area contributed by atoms with Gasteiger partial charge < -0.3 is 9.19 Å². The summed E-state index contributed by atoms with van der Waals surface area (Å²) in [6, 6.07) is 0. The quantitative estimate of drug-likeness (QED) is 0.340. The second kappa shape index (κ2) is 7.26. The van der Waals surface area contributed by atoms with Gasteiger partial charge in [-0.3, -0.25) is 4.79 Å². The number of carbonyl (C=O) groups excluding carboxylic acids is 1. The van der Waals surface area contributed by atoms with Gasteiger partial charge in [0, 0.05) is 20.0 Å². The Hall–Kier alpha value is -0.390. The van der Waals surface area contributed by atoms with Crippen molar-refractivity contribution in [1.29, 1.82) is 0 Å². The summed E-state index contributed by atoms with van der Waals surface area (Å²) < 4.78 is 4.23. The first-order valence-electron chi connectivity index (χ1n) is 5.73. The van der Waals surface area contributed by atoms with Gasteiger partial charge in [-0.05, 0) is 37.3 Å². The predicted molar refractivity (Wildman–Crippen MR) is 77.0 cm³/mol. The van der Waals surface area contributed by atoms with Crippen LogP contribution in [-0.4, -0.2) is 35.2 Å². The number of amidine groups is 1. The molecule has 1 fully saturated rings. The van der Waals surface area contributed by atoms with E-state index in [1.165, 1.54) is 0 Å². The molecule has 0 aliphatic heterocycles. The summed E-state index contributed by atoms with van der Waals surface area (Å²) in [6.07, 6.45) is 3.09. The van der Waals surface area contributed by atoms with Gasteiger partial charge in [0.2, 0.25) is 0 Å². The molecule has 7 heteroatoms. The van der Waals surface area contributed by atoms with Gasteiger partial charge in [0.25, 0.3) is 0 Å². The molecule has 1 aliphatic rings. The minimum Gasteiger partial charge on any atom is -0.353 e. The lowest BCUT2D eigenvalue weighted by Gasteiger charge is -2.25. The third-order valence-electron chi connectivity index (χ3n) is 3.06. The molecule has 102 valence electrons. The summed E-state index contributed by atoms with van der Waals surface area (Å²) in [6.45, 7) is 0. The lowest BCUT2D eigenvalue weighted by Crippen LogP contribution is -2.26. The number of hydrogen-bond donors (Lipinski definition) is 0. The van der Waals surface area contributed by atoms with Gasteiger partial charge in [0.1, 0.15) is 16.9 Å². The number of aliphatic imine (C=N–C) groups is 1. The Kier molecular flexibility index (Phi) is 6.32. The highest BCUT2D eigenvalue weighted by Crippen LogP contribution is 2.31. The van der Waals surface area contributed by atoms with Crippen LogP contribution in [0.1, 0.15) is 25.7 Å². The Morgan fingerprint density at radius 2 is 1.78 bits per heavy atom. The van der Waals surface area contributed by atoms with Crippen LogP contribution in [0, 0.1) is 11.8 Å². The molecule has 0 heterocycles. The molecule has 0 radical (unpaired) electrons. The van der Waals surface area contributed by atoms with E-state index in [2.05, 4.69) is 9.28 Å². The van der Waals surface area contributed by atoms with Gasteiger partial charge >= 0.3 is 5.97 Å². The van der Waals surface area contributed by atoms with Crippen LogP contribution in [0.25, 0.3) is 0 Å². The number of halogens is 2. The zero-order chi connectivity index (χ0) is 13.7. The highest BCUT2D eigenvalue weighted by molar-refractivity contribution is 7.80. The SMILES string of the molecule is CN(C)/C(Cl)=N/C(=S)C1CCC(C(=O)OCl)CC1. The van der Waals surface area contributed by atoms with Crippen molar-refractivity contribution in [3.63, 3.8) is 0 Å². The lowest BCUT2D eigenvalue weighted by atomic mass is 9.82. The molecule has 0 aromatic heterocycles. The Labute approximate surface area is 122 Å². The standard InChI is InChI=1S/C11H16Cl2N2O2S/c1-15(2)11(12)14-9(18)7-3-5-8(6-4-7)10(16)17-13/h7-8H,3-6H2,1-2H3/b14-11+. The molecular formula is C11H16Cl2N2O2S. The minimum atomic E-state index is -0.351. The van der Waals surface area contributed by atoms with Gasteiger partial charge in [-0.1, -0.05) is 12.2 Å². The highest BCUT2D eigenvalue weighted by Gasteiger charge is 2.29. The fourth-order valence-corrected chi connectivity index (χ4v) is 2.51. The van der Waals surface area contributed by atoms with Crippen LogP contribution in [0.2, 0.25) is 0 Å². The highest BCUT2D eigenvalue weighted by atomic mass is 35.5. The van der Waals surface area contributed by atoms with E-state index < -0.39 is 0 Å². The van der Waals surface area contributed by atoms with E-state index in [9.17, 15) is 4.79 Å². The summed E-state index contributed by atoms with van der Waals surface area (Å²) in [5.41, 5.74) is 0. The zero-order valence-corrected chi connectivity index (χ0v) is 12.7. The normalized spacial score (nSPS) is 24.6. The molecule has 0 aromatic rings. The Morgan fingerprint density at radius 1 is 1.28 bits per heavy atom. The van der Waals surface area contributed by atoms with Crippen molar-refractivity contribution < 1.29 is 9.08 Å². The molecule has 18 heavy (non-hydrogen) atoms. The largest absolute Gasteiger partial charge is 0.353 e. The van der Waals surface area contributed by atoms with Gasteiger partial charge in [-0.15, -0.1) is 0 Å². The van der Waals surface area contributed by atoms with E-state index in [0.29, 0.717) is 10.3 Å². The van der Waals surface area contributed by atoms with Crippen molar-refractivity contribution in [3.05, 3.63) is 0 Å². The van der Waals surface area contributed by atoms with E-state index in [0.717, 1.165) is 25.7 Å². The van der Waals surface area contributed by atoms with E-state index in [1.807, 2.05) is 14.1 Å². The molecule has 1 rings (SSSR count). The van der Waals surface area contributed by atoms with Crippen molar-refractivity contribution in [2.24, 2.45) is 16.8 Å². The van der Waals surface area contributed by atoms with Gasteiger partial charge in [0.15, 0.2) is 5.29 Å². The minimum absolute atomic E-state index is 0.116. The maximum absolute atomic E-state index is 11.3. The summed E-state index contributed by atoms with van der Waals surface area (Å²) in [5.74, 6) is -0.265. The van der Waals surface area contributed by atoms with E-state index >= 15 is 0 Å². The van der Waals surface area contributed by atoms with Crippen LogP contribution in [0.5, 0.6) is 0 Å². The van der Waals surface area contributed by atoms with Gasteiger partial charge in [0.05, 0.1) is 5.92 Å². The van der Waals surface area contributed by atoms with Crippen molar-refractivity contribution in [3.8, 4) is 0 Å². The first-order chi connectivity index (χ1) is 8.45. The van der Waals surface area contributed by atoms with E-state index in [1.54, 1.807) is 4.90 Å². The maximum atomic E-state index is 11.3. The Morgan fingerprint density at radius 3 is 2.22 bits per heavy atom. The van der Waals surface area contributed by atoms with Crippen molar-refractivity contribution in [2.75, 3.05) is 14.1 Å². The number of rotatable bonds is 2. The third kappa shape index (κ3) is 4.37. The number of carbonyl (C=O) groups is 1. The molecule has 1 aliphatic carbocycles. The van der Waals surface area contributed by atoms with Crippen LogP contribution in [0.4, 0.5) is 0 Å². The second-order valence-electron chi connectivity index (χ2n) is 4.56. The van der Waals surface area contributed by atoms with Crippen LogP contribution < -0.4 is 0 Å². The first kappa shape index (κ1) is 15.7. The monoisotopic (exact) mass is 310 g/mol. The van der Waals surface area contributed by atoms with Crippen LogP contribution >= 0.6 is 35.7 Å². The topological polar surface area (TPSA) is 41.9 Å². The molecule has 4 nitrogen and oxygen atoms in total. The average molecular weight is 311 g/mol. The summed E-state index contributed by atoms with van der Waals surface area (Å²) >= 11 is 16.3. The summed E-state index contributed by atoms with van der Waals surface area (Å²) in [5, 5.41) is 0.377. The molecule has 1 saturated carbocycles. The molecular weight excluding hydrogens is 295 g/mol. The molecule has 0 N–H and O–H groups in total. The maximum Gasteiger partial charge on any atom is 0.327 e. The van der Waals surface area contributed by atoms with Crippen molar-refractivity contribution in [2.45, 2.75) is 25.7 Å². The first-order valence-corrected chi connectivity index (χ1v) is 6.83. The summed E-state index contributed by atoms with van der Waals surface area (Å²) in [7, 11) is 3.61. The molecule has 0 unspecified atom stereocenters. The third-order valence-corrected chi connectivity index (χ3v) is 4.06. The number of thiocarbonyl (C=S) groups is 1.